The maximum Gasteiger partial charge on any atom is 0.305 e. The molecule has 56 heteroatoms. The van der Waals surface area contributed by atoms with E-state index in [0.717, 1.165) is 25.6 Å². The van der Waals surface area contributed by atoms with Gasteiger partial charge in [-0.25, -0.2) is 0 Å². The Morgan fingerprint density at radius 1 is 0.306 bits per heavy atom. The molecule has 0 rings (SSSR count). The Kier molecular flexibility index (Phi) is 65.7. The van der Waals surface area contributed by atoms with Gasteiger partial charge in [0, 0.05) is 31.9 Å². The number of aliphatic hydroxyl groups is 2. The Balaban J connectivity index is 7.18. The lowest BCUT2D eigenvalue weighted by Crippen LogP contribution is -2.62. The highest BCUT2D eigenvalue weighted by Crippen LogP contribution is 2.17. The molecule has 818 valence electrons. The molecule has 21 amide bonds. The normalized spacial score (nSPS) is 15.0. The van der Waals surface area contributed by atoms with Crippen LogP contribution in [0.2, 0.25) is 0 Å². The number of nitrogens with two attached hydrogens (primary N) is 6. The minimum Gasteiger partial charge on any atom is -0.481 e. The molecule has 0 aliphatic heterocycles. The second-order valence-corrected chi connectivity index (χ2v) is 38.4. The number of unbranched alkanes of at least 4 members (excludes halogenated alkanes) is 3. The molecular weight excluding hydrogens is 1950 g/mol. The van der Waals surface area contributed by atoms with Crippen molar-refractivity contribution in [2.45, 2.75) is 319 Å². The molecule has 0 aromatic carbocycles. The Morgan fingerprint density at radius 3 is 0.931 bits per heavy atom. The van der Waals surface area contributed by atoms with E-state index < -0.39 is 333 Å². The summed E-state index contributed by atoms with van der Waals surface area (Å²) in [5.41, 5.74) is 33.7. The molecule has 0 saturated heterocycles. The van der Waals surface area contributed by atoms with Crippen LogP contribution in [0.15, 0.2) is 0 Å². The van der Waals surface area contributed by atoms with Crippen molar-refractivity contribution in [2.24, 2.45) is 58.1 Å². The zero-order valence-electron chi connectivity index (χ0n) is 83.7. The van der Waals surface area contributed by atoms with Crippen molar-refractivity contribution < 1.29 is 141 Å². The molecule has 0 aromatic heterocycles. The molecule has 0 heterocycles. The molecule has 144 heavy (non-hydrogen) atoms. The molecular formula is C88H154N24O29S3. The van der Waals surface area contributed by atoms with E-state index in [1.807, 2.05) is 0 Å². The fraction of sp³-hybridized carbons (Fsp3) is 0.727. The number of hydrogen-bond donors (Lipinski definition) is 30. The first-order chi connectivity index (χ1) is 67.5. The van der Waals surface area contributed by atoms with E-state index in [1.54, 1.807) is 54.1 Å². The highest BCUT2D eigenvalue weighted by molar-refractivity contribution is 7.98. The third-order valence-corrected chi connectivity index (χ3v) is 23.3. The quantitative estimate of drug-likeness (QED) is 0.0199. The van der Waals surface area contributed by atoms with E-state index in [-0.39, 0.29) is 120 Å². The Morgan fingerprint density at radius 2 is 0.583 bits per heavy atom. The van der Waals surface area contributed by atoms with Crippen molar-refractivity contribution >= 4 is 178 Å². The van der Waals surface area contributed by atoms with Crippen LogP contribution in [0.4, 0.5) is 0 Å². The summed E-state index contributed by atoms with van der Waals surface area (Å²) < 4.78 is 0. The summed E-state index contributed by atoms with van der Waals surface area (Å²) in [5, 5.41) is 93.6. The number of aliphatic hydroxyl groups excluding tert-OH is 2. The highest BCUT2D eigenvalue weighted by Gasteiger charge is 2.42. The number of thiol groups is 1. The van der Waals surface area contributed by atoms with Gasteiger partial charge in [0.05, 0.1) is 32.1 Å². The van der Waals surface area contributed by atoms with Crippen molar-refractivity contribution in [3.8, 4) is 0 Å². The first kappa shape index (κ1) is 132. The third-order valence-electron chi connectivity index (χ3n) is 21.6. The highest BCUT2D eigenvalue weighted by atomic mass is 32.2. The van der Waals surface area contributed by atoms with Gasteiger partial charge in [0.2, 0.25) is 124 Å². The zero-order chi connectivity index (χ0) is 110. The summed E-state index contributed by atoms with van der Waals surface area (Å²) in [4.78, 5) is 325. The maximum absolute atomic E-state index is 14.6. The van der Waals surface area contributed by atoms with E-state index in [2.05, 4.69) is 108 Å². The monoisotopic (exact) mass is 2110 g/mol. The summed E-state index contributed by atoms with van der Waals surface area (Å²) in [5.74, 6) is -28.9. The smallest absolute Gasteiger partial charge is 0.305 e. The first-order valence-electron chi connectivity index (χ1n) is 47.4. The maximum atomic E-state index is 14.6. The molecule has 0 fully saturated rings. The van der Waals surface area contributed by atoms with E-state index in [9.17, 15) is 141 Å². The zero-order valence-corrected chi connectivity index (χ0v) is 86.2. The van der Waals surface area contributed by atoms with Gasteiger partial charge in [0.15, 0.2) is 0 Å². The molecule has 0 aliphatic rings. The van der Waals surface area contributed by atoms with Gasteiger partial charge >= 0.3 is 17.9 Å². The van der Waals surface area contributed by atoms with Gasteiger partial charge in [-0.1, -0.05) is 55.4 Å². The minimum absolute atomic E-state index is 0.0451. The summed E-state index contributed by atoms with van der Waals surface area (Å²) in [6.45, 7) is 13.9. The lowest BCUT2D eigenvalue weighted by atomic mass is 9.99. The van der Waals surface area contributed by atoms with Gasteiger partial charge in [-0.05, 0) is 183 Å². The summed E-state index contributed by atoms with van der Waals surface area (Å²) >= 11 is 6.61. The number of carboxylic acid groups (broad SMARTS) is 3. The van der Waals surface area contributed by atoms with Crippen LogP contribution in [0.5, 0.6) is 0 Å². The van der Waals surface area contributed by atoms with Crippen LogP contribution in [0.25, 0.3) is 0 Å². The number of thioether (sulfide) groups is 2. The van der Waals surface area contributed by atoms with Crippen LogP contribution in [0.1, 0.15) is 210 Å². The lowest BCUT2D eigenvalue weighted by Gasteiger charge is -2.29. The van der Waals surface area contributed by atoms with Crippen LogP contribution >= 0.6 is 36.2 Å². The van der Waals surface area contributed by atoms with Crippen molar-refractivity contribution in [3.63, 3.8) is 0 Å². The van der Waals surface area contributed by atoms with E-state index in [4.69, 9.17) is 34.4 Å². The Bertz CT molecular complexity index is 4270. The van der Waals surface area contributed by atoms with Crippen LogP contribution in [-0.2, 0) is 115 Å². The molecule has 0 spiro atoms. The average molecular weight is 2110 g/mol. The number of primary amides is 3. The standard InChI is InChI=1S/C88H154N24O29S3/c1-43(2)35-57(72(94)125)105-75(128)51(21-15-18-32-91)99-85(138)62(41-113)109-82(135)60(38-68(121)122)107-80(133)56(29-34-144-12)103-86(139)63(42-142)110-78(131)54(24-27-67(119)120)101-76(129)52(22-25-64(92)116)100-74(127)50(20-14-17-31-90)97-66(118)40-95-73(126)49(19-13-16-30-89)98-79(132)55(28-33-143-11)102-81(134)59(37-45(5)6)106-77(130)53(23-26-65(93)117)104-87(140)70(46(7)8)111-84(137)61(39-69(123)124)108-88(141)71(47(9)114)112-83(136)58(36-44(3)4)96-48(10)115/h43-47,49-63,70-71,113-114,142H,13-42,89-91H2,1-12H3,(H2,92,116)(H2,93,117)(H2,94,125)(H,95,126)(H,96,115)(H,97,118)(H,98,132)(H,99,138)(H,100,127)(H,101,129)(H,102,134)(H,103,139)(H,104,140)(H,105,128)(H,106,130)(H,107,133)(H,108,141)(H,109,135)(H,110,131)(H,111,137)(H,112,136)(H,119,120)(H,121,122)(H,123,124)/t47-,49+,50+,51+,52+,53+,54+,55+,56+,57+,58+,59+,60+,61+,62+,63+,70+,71+/m1/s1. The van der Waals surface area contributed by atoms with Gasteiger partial charge in [-0.2, -0.15) is 36.2 Å². The molecule has 0 saturated carbocycles. The van der Waals surface area contributed by atoms with Crippen LogP contribution in [0.3, 0.4) is 0 Å². The number of hydrogen-bond acceptors (Lipinski definition) is 32. The van der Waals surface area contributed by atoms with E-state index >= 15 is 0 Å². The number of aliphatic carboxylic acids is 3. The summed E-state index contributed by atoms with van der Waals surface area (Å²) in [6.07, 6.45) is -3.60. The molecule has 35 N–H and O–H groups in total. The second kappa shape index (κ2) is 71.6. The van der Waals surface area contributed by atoms with Crippen molar-refractivity contribution in [3.05, 3.63) is 0 Å². The van der Waals surface area contributed by atoms with E-state index in [0.29, 0.717) is 12.8 Å². The Hall–Kier alpha value is -11.9. The predicted octanol–water partition coefficient (Wildman–Crippen LogP) is -8.81. The molecule has 0 radical (unpaired) electrons. The number of rotatable bonds is 77. The van der Waals surface area contributed by atoms with Crippen LogP contribution in [-0.4, -0.2) is 339 Å². The molecule has 53 nitrogen and oxygen atoms in total. The number of carbonyl (C=O) groups is 24. The number of carboxylic acids is 3. The molecule has 0 bridgehead atoms. The van der Waals surface area contributed by atoms with E-state index in [1.165, 1.54) is 25.6 Å². The second-order valence-electron chi connectivity index (χ2n) is 36.1. The van der Waals surface area contributed by atoms with Crippen molar-refractivity contribution in [1.29, 1.82) is 0 Å². The summed E-state index contributed by atoms with van der Waals surface area (Å²) in [6, 6.07) is -28.0. The molecule has 18 atom stereocenters. The lowest BCUT2D eigenvalue weighted by molar-refractivity contribution is -0.142. The van der Waals surface area contributed by atoms with Crippen LogP contribution < -0.4 is 130 Å². The number of nitrogens with one attached hydrogen (secondary N) is 18. The van der Waals surface area contributed by atoms with Gasteiger partial charge in [-0.3, -0.25) is 115 Å². The fourth-order valence-corrected chi connectivity index (χ4v) is 15.2. The summed E-state index contributed by atoms with van der Waals surface area (Å²) in [7, 11) is 0. The van der Waals surface area contributed by atoms with Gasteiger partial charge < -0.3 is 156 Å². The topological polar surface area (TPSA) is 883 Å². The molecule has 0 unspecified atom stereocenters. The fourth-order valence-electron chi connectivity index (χ4n) is 14.0. The first-order valence-corrected chi connectivity index (χ1v) is 50.9. The average Bonchev–Trinajstić information content (AvgIpc) is 0.844. The van der Waals surface area contributed by atoms with Gasteiger partial charge in [0.1, 0.15) is 103 Å². The minimum atomic E-state index is -2.04. The van der Waals surface area contributed by atoms with Gasteiger partial charge in [0.25, 0.3) is 0 Å². The number of carbonyl (C=O) groups excluding carboxylic acids is 21. The third kappa shape index (κ3) is 54.7. The predicted molar refractivity (Wildman–Crippen MR) is 529 cm³/mol. The largest absolute Gasteiger partial charge is 0.481 e. The molecule has 0 aromatic rings. The van der Waals surface area contributed by atoms with Crippen molar-refractivity contribution in [1.82, 2.24) is 95.7 Å². The number of amides is 21. The molecule has 0 aliphatic carbocycles. The SMILES string of the molecule is CSCC[C@H](NC(=O)[C@H](CC(C)C)NC(=O)[C@H](CCC(N)=O)NC(=O)[C@@H](NC(=O)[C@H](CC(=O)O)NC(=O)[C@@H](NC(=O)[C@H](CC(C)C)NC(C)=O)[C@@H](C)O)C(C)C)C(=O)N[C@@H](CCCCN)C(=O)NCC(=O)N[C@@H](CCCCN)C(=O)N[C@@H](CCC(N)=O)C(=O)N[C@@H](CCC(=O)O)C(=O)N[C@@H](CS)C(=O)N[C@@H](CCSC)C(=O)N[C@@H](CC(=O)O)C(=O)N[C@@H](CO)C(=O)N[C@@H](CCCCN)C(=O)N[C@@H](CC(C)C)C(N)=O. The van der Waals surface area contributed by atoms with Crippen LogP contribution in [0, 0.1) is 23.7 Å². The van der Waals surface area contributed by atoms with Crippen molar-refractivity contribution in [2.75, 3.05) is 62.6 Å². The van der Waals surface area contributed by atoms with Gasteiger partial charge in [-0.15, -0.1) is 0 Å². The Labute approximate surface area is 850 Å².